The van der Waals surface area contributed by atoms with E-state index in [-0.39, 0.29) is 5.82 Å². The highest BCUT2D eigenvalue weighted by molar-refractivity contribution is 5.54. The van der Waals surface area contributed by atoms with Crippen molar-refractivity contribution in [3.63, 3.8) is 0 Å². The zero-order valence-electron chi connectivity index (χ0n) is 10.9. The third kappa shape index (κ3) is 3.03. The van der Waals surface area contributed by atoms with Gasteiger partial charge >= 0.3 is 0 Å². The van der Waals surface area contributed by atoms with Gasteiger partial charge in [0.25, 0.3) is 0 Å². The maximum absolute atomic E-state index is 13.1. The summed E-state index contributed by atoms with van der Waals surface area (Å²) in [5.41, 5.74) is 0.629. The van der Waals surface area contributed by atoms with Crippen molar-refractivity contribution in [3.8, 4) is 0 Å². The fourth-order valence-corrected chi connectivity index (χ4v) is 2.07. The molecule has 0 aliphatic carbocycles. The summed E-state index contributed by atoms with van der Waals surface area (Å²) in [6, 6.07) is 8.08. The molecule has 0 atom stereocenters. The van der Waals surface area contributed by atoms with Gasteiger partial charge in [0.15, 0.2) is 0 Å². The highest BCUT2D eigenvalue weighted by Gasteiger charge is 2.13. The van der Waals surface area contributed by atoms with Crippen molar-refractivity contribution < 1.29 is 9.13 Å². The number of aromatic nitrogens is 2. The minimum Gasteiger partial charge on any atom is -0.378 e. The molecule has 104 valence electrons. The van der Waals surface area contributed by atoms with Gasteiger partial charge in [-0.2, -0.15) is 4.98 Å². The second-order valence-electron chi connectivity index (χ2n) is 4.47. The monoisotopic (exact) mass is 274 g/mol. The molecular weight excluding hydrogens is 259 g/mol. The maximum atomic E-state index is 13.1. The largest absolute Gasteiger partial charge is 0.378 e. The standard InChI is InChI=1S/C14H15FN4O/c15-11-2-1-3-12(10-11)17-14-16-5-4-13(18-14)19-6-8-20-9-7-19/h1-5,10H,6-9H2,(H,16,17,18). The lowest BCUT2D eigenvalue weighted by atomic mass is 10.3. The Labute approximate surface area is 116 Å². The van der Waals surface area contributed by atoms with Crippen molar-refractivity contribution in [2.75, 3.05) is 36.5 Å². The lowest BCUT2D eigenvalue weighted by Gasteiger charge is -2.27. The van der Waals surface area contributed by atoms with Crippen LogP contribution in [0.5, 0.6) is 0 Å². The maximum Gasteiger partial charge on any atom is 0.229 e. The summed E-state index contributed by atoms with van der Waals surface area (Å²) in [6.45, 7) is 3.04. The first kappa shape index (κ1) is 12.8. The first-order chi connectivity index (χ1) is 9.81. The number of halogens is 1. The zero-order valence-corrected chi connectivity index (χ0v) is 10.9. The van der Waals surface area contributed by atoms with Crippen LogP contribution in [0.2, 0.25) is 0 Å². The third-order valence-corrected chi connectivity index (χ3v) is 3.06. The molecule has 0 amide bonds. The van der Waals surface area contributed by atoms with Crippen LogP contribution in [0.4, 0.5) is 21.8 Å². The first-order valence-corrected chi connectivity index (χ1v) is 6.49. The van der Waals surface area contributed by atoms with E-state index < -0.39 is 0 Å². The SMILES string of the molecule is Fc1cccc(Nc2nccc(N3CCOCC3)n2)c1. The Kier molecular flexibility index (Phi) is 3.73. The molecule has 2 heterocycles. The number of nitrogens with zero attached hydrogens (tertiary/aromatic N) is 3. The Morgan fingerprint density at radius 3 is 2.85 bits per heavy atom. The lowest BCUT2D eigenvalue weighted by Crippen LogP contribution is -2.36. The van der Waals surface area contributed by atoms with Crippen molar-refractivity contribution in [3.05, 3.63) is 42.3 Å². The van der Waals surface area contributed by atoms with Gasteiger partial charge < -0.3 is 15.0 Å². The topological polar surface area (TPSA) is 50.3 Å². The number of hydrogen-bond acceptors (Lipinski definition) is 5. The minimum atomic E-state index is -0.292. The van der Waals surface area contributed by atoms with E-state index in [0.717, 1.165) is 18.9 Å². The van der Waals surface area contributed by atoms with Gasteiger partial charge in [-0.25, -0.2) is 9.37 Å². The van der Waals surface area contributed by atoms with Crippen LogP contribution >= 0.6 is 0 Å². The molecule has 1 N–H and O–H groups in total. The van der Waals surface area contributed by atoms with Crippen molar-refractivity contribution in [2.24, 2.45) is 0 Å². The third-order valence-electron chi connectivity index (χ3n) is 3.06. The smallest absolute Gasteiger partial charge is 0.229 e. The predicted octanol–water partition coefficient (Wildman–Crippen LogP) is 2.20. The van der Waals surface area contributed by atoms with Crippen molar-refractivity contribution in [1.29, 1.82) is 0 Å². The van der Waals surface area contributed by atoms with Gasteiger partial charge in [-0.05, 0) is 24.3 Å². The molecule has 1 aromatic heterocycles. The summed E-state index contributed by atoms with van der Waals surface area (Å²) >= 11 is 0. The van der Waals surface area contributed by atoms with Gasteiger partial charge in [0, 0.05) is 25.0 Å². The van der Waals surface area contributed by atoms with Gasteiger partial charge in [-0.3, -0.25) is 0 Å². The van der Waals surface area contributed by atoms with Crippen molar-refractivity contribution >= 4 is 17.5 Å². The van der Waals surface area contributed by atoms with E-state index in [4.69, 9.17) is 4.74 Å². The Balaban J connectivity index is 1.77. The molecule has 1 aliphatic rings. The Hall–Kier alpha value is -2.21. The van der Waals surface area contributed by atoms with E-state index in [0.29, 0.717) is 24.8 Å². The van der Waals surface area contributed by atoms with Crippen LogP contribution < -0.4 is 10.2 Å². The molecule has 1 aliphatic heterocycles. The molecule has 6 heteroatoms. The number of anilines is 3. The molecule has 2 aromatic rings. The summed E-state index contributed by atoms with van der Waals surface area (Å²) in [5.74, 6) is 1.01. The summed E-state index contributed by atoms with van der Waals surface area (Å²) in [7, 11) is 0. The Morgan fingerprint density at radius 1 is 1.20 bits per heavy atom. The van der Waals surface area contributed by atoms with Gasteiger partial charge in [0.1, 0.15) is 11.6 Å². The van der Waals surface area contributed by atoms with E-state index in [9.17, 15) is 4.39 Å². The molecule has 0 spiro atoms. The molecule has 1 saturated heterocycles. The number of nitrogens with one attached hydrogen (secondary N) is 1. The molecule has 3 rings (SSSR count). The van der Waals surface area contributed by atoms with E-state index >= 15 is 0 Å². The van der Waals surface area contributed by atoms with Crippen LogP contribution in [0.3, 0.4) is 0 Å². The summed E-state index contributed by atoms with van der Waals surface area (Å²) in [5, 5.41) is 3.00. The van der Waals surface area contributed by atoms with Crippen LogP contribution in [0.15, 0.2) is 36.5 Å². The molecule has 1 aromatic carbocycles. The van der Waals surface area contributed by atoms with Crippen LogP contribution in [0.1, 0.15) is 0 Å². The average Bonchev–Trinajstić information content (AvgIpc) is 2.48. The molecular formula is C14H15FN4O. The predicted molar refractivity (Wildman–Crippen MR) is 74.7 cm³/mol. The van der Waals surface area contributed by atoms with Crippen LogP contribution in [0.25, 0.3) is 0 Å². The molecule has 20 heavy (non-hydrogen) atoms. The number of ether oxygens (including phenoxy) is 1. The molecule has 1 fully saturated rings. The molecule has 0 bridgehead atoms. The fourth-order valence-electron chi connectivity index (χ4n) is 2.07. The molecule has 5 nitrogen and oxygen atoms in total. The van der Waals surface area contributed by atoms with Crippen LogP contribution in [0, 0.1) is 5.82 Å². The Bertz CT molecular complexity index is 587. The van der Waals surface area contributed by atoms with E-state index in [1.54, 1.807) is 18.3 Å². The number of morpholine rings is 1. The van der Waals surface area contributed by atoms with E-state index in [1.165, 1.54) is 12.1 Å². The minimum absolute atomic E-state index is 0.292. The number of hydrogen-bond donors (Lipinski definition) is 1. The molecule has 0 radical (unpaired) electrons. The Morgan fingerprint density at radius 2 is 2.05 bits per heavy atom. The molecule has 0 saturated carbocycles. The summed E-state index contributed by atoms with van der Waals surface area (Å²) in [6.07, 6.45) is 1.69. The summed E-state index contributed by atoms with van der Waals surface area (Å²) < 4.78 is 18.5. The summed E-state index contributed by atoms with van der Waals surface area (Å²) in [4.78, 5) is 10.7. The normalized spacial score (nSPS) is 15.2. The van der Waals surface area contributed by atoms with Gasteiger partial charge in [0.05, 0.1) is 13.2 Å². The van der Waals surface area contributed by atoms with Gasteiger partial charge in [-0.1, -0.05) is 6.07 Å². The highest BCUT2D eigenvalue weighted by Crippen LogP contribution is 2.17. The van der Waals surface area contributed by atoms with Crippen LogP contribution in [-0.2, 0) is 4.74 Å². The van der Waals surface area contributed by atoms with Crippen molar-refractivity contribution in [2.45, 2.75) is 0 Å². The lowest BCUT2D eigenvalue weighted by molar-refractivity contribution is 0.122. The first-order valence-electron chi connectivity index (χ1n) is 6.49. The fraction of sp³-hybridized carbons (Fsp3) is 0.286. The molecule has 0 unspecified atom stereocenters. The number of rotatable bonds is 3. The highest BCUT2D eigenvalue weighted by atomic mass is 19.1. The average molecular weight is 274 g/mol. The second kappa shape index (κ2) is 5.83. The van der Waals surface area contributed by atoms with Gasteiger partial charge in [-0.15, -0.1) is 0 Å². The van der Waals surface area contributed by atoms with E-state index in [2.05, 4.69) is 20.2 Å². The van der Waals surface area contributed by atoms with Crippen molar-refractivity contribution in [1.82, 2.24) is 9.97 Å². The zero-order chi connectivity index (χ0) is 13.8. The van der Waals surface area contributed by atoms with E-state index in [1.807, 2.05) is 6.07 Å². The quantitative estimate of drug-likeness (QED) is 0.929. The van der Waals surface area contributed by atoms with Gasteiger partial charge in [0.2, 0.25) is 5.95 Å². The second-order valence-corrected chi connectivity index (χ2v) is 4.47. The number of benzene rings is 1. The van der Waals surface area contributed by atoms with Crippen LogP contribution in [-0.4, -0.2) is 36.3 Å².